The van der Waals surface area contributed by atoms with Crippen LogP contribution in [0.3, 0.4) is 0 Å². The second-order valence-electron chi connectivity index (χ2n) is 4.87. The lowest BCUT2D eigenvalue weighted by Gasteiger charge is -2.13. The molecule has 0 aromatic carbocycles. The fourth-order valence-corrected chi connectivity index (χ4v) is 1.49. The lowest BCUT2D eigenvalue weighted by Crippen LogP contribution is -2.16. The van der Waals surface area contributed by atoms with E-state index in [-0.39, 0.29) is 12.5 Å². The van der Waals surface area contributed by atoms with E-state index in [1.54, 1.807) is 6.07 Å². The number of nitrogens with zero attached hydrogens (tertiary/aromatic N) is 2. The summed E-state index contributed by atoms with van der Waals surface area (Å²) in [5.74, 6) is 1.79. The first-order chi connectivity index (χ1) is 9.31. The predicted molar refractivity (Wildman–Crippen MR) is 74.1 cm³/mol. The second-order valence-corrected chi connectivity index (χ2v) is 4.87. The first-order valence-corrected chi connectivity index (χ1v) is 6.75. The molecule has 1 aromatic heterocycles. The molecule has 2 N–H and O–H groups in total. The molecule has 0 aliphatic rings. The maximum atomic E-state index is 12.1. The Hall–Kier alpha value is -1.53. The third-order valence-electron chi connectivity index (χ3n) is 2.53. The molecule has 0 radical (unpaired) electrons. The molecule has 0 aliphatic carbocycles. The third-order valence-corrected chi connectivity index (χ3v) is 2.53. The van der Waals surface area contributed by atoms with Gasteiger partial charge in [-0.1, -0.05) is 20.8 Å². The molecule has 0 atom stereocenters. The molecule has 1 rings (SSSR count). The van der Waals surface area contributed by atoms with Crippen molar-refractivity contribution in [3.05, 3.63) is 11.9 Å². The molecule has 0 spiro atoms. The Morgan fingerprint density at radius 2 is 1.65 bits per heavy atom. The largest absolute Gasteiger partial charge is 0.390 e. The molecule has 4 nitrogen and oxygen atoms in total. The van der Waals surface area contributed by atoms with Crippen molar-refractivity contribution < 1.29 is 13.2 Å². The first-order valence-electron chi connectivity index (χ1n) is 6.75. The van der Waals surface area contributed by atoms with E-state index < -0.39 is 12.6 Å². The molecule has 7 heteroatoms. The van der Waals surface area contributed by atoms with Crippen molar-refractivity contribution in [1.29, 1.82) is 0 Å². The van der Waals surface area contributed by atoms with Gasteiger partial charge in [0.15, 0.2) is 0 Å². The summed E-state index contributed by atoms with van der Waals surface area (Å²) in [6.45, 7) is 6.48. The van der Waals surface area contributed by atoms with Crippen molar-refractivity contribution >= 4 is 11.6 Å². The summed E-state index contributed by atoms with van der Waals surface area (Å²) in [6.07, 6.45) is -4.10. The fraction of sp³-hybridized carbons (Fsp3) is 0.692. The van der Waals surface area contributed by atoms with Crippen LogP contribution in [0.2, 0.25) is 0 Å². The van der Waals surface area contributed by atoms with Crippen LogP contribution in [-0.4, -0.2) is 29.2 Å². The molecule has 0 saturated heterocycles. The lowest BCUT2D eigenvalue weighted by molar-refractivity contribution is -0.131. The number of nitrogens with one attached hydrogen (secondary N) is 2. The molecule has 20 heavy (non-hydrogen) atoms. The van der Waals surface area contributed by atoms with Crippen LogP contribution < -0.4 is 10.6 Å². The Balaban J connectivity index is 2.75. The number of aromatic nitrogens is 2. The van der Waals surface area contributed by atoms with Crippen LogP contribution in [0, 0.1) is 0 Å². The highest BCUT2D eigenvalue weighted by Crippen LogP contribution is 2.20. The van der Waals surface area contributed by atoms with E-state index in [9.17, 15) is 13.2 Å². The Labute approximate surface area is 117 Å². The van der Waals surface area contributed by atoms with Crippen molar-refractivity contribution in [3.63, 3.8) is 0 Å². The van der Waals surface area contributed by atoms with Crippen LogP contribution in [0.5, 0.6) is 0 Å². The zero-order valence-corrected chi connectivity index (χ0v) is 12.0. The average Bonchev–Trinajstić information content (AvgIpc) is 2.34. The van der Waals surface area contributed by atoms with Crippen LogP contribution in [0.15, 0.2) is 6.07 Å². The van der Waals surface area contributed by atoms with Gasteiger partial charge in [-0.15, -0.1) is 0 Å². The molecule has 0 saturated carbocycles. The number of rotatable bonds is 7. The number of alkyl halides is 3. The van der Waals surface area contributed by atoms with Crippen molar-refractivity contribution in [2.24, 2.45) is 0 Å². The van der Waals surface area contributed by atoms with E-state index in [2.05, 4.69) is 20.6 Å². The van der Waals surface area contributed by atoms with E-state index in [1.165, 1.54) is 0 Å². The standard InChI is InChI=1S/C13H21F3N4/c1-4-6-17-10-8-11(18-7-5-13(14,15)16)20-12(19-10)9(2)3/h8-9H,4-7H2,1-3H3,(H2,17,18,19,20). The summed E-state index contributed by atoms with van der Waals surface area (Å²) in [7, 11) is 0. The molecule has 0 fully saturated rings. The molecule has 0 aliphatic heterocycles. The van der Waals surface area contributed by atoms with Crippen molar-refractivity contribution in [1.82, 2.24) is 9.97 Å². The van der Waals surface area contributed by atoms with Crippen LogP contribution in [0.25, 0.3) is 0 Å². The minimum absolute atomic E-state index is 0.113. The second kappa shape index (κ2) is 7.31. The smallest absolute Gasteiger partial charge is 0.370 e. The monoisotopic (exact) mass is 290 g/mol. The van der Waals surface area contributed by atoms with Gasteiger partial charge in [0, 0.05) is 25.1 Å². The van der Waals surface area contributed by atoms with Crippen molar-refractivity contribution in [2.75, 3.05) is 23.7 Å². The van der Waals surface area contributed by atoms with Gasteiger partial charge >= 0.3 is 6.18 Å². The number of hydrogen-bond donors (Lipinski definition) is 2. The number of anilines is 2. The summed E-state index contributed by atoms with van der Waals surface area (Å²) in [4.78, 5) is 8.57. The third kappa shape index (κ3) is 6.08. The molecule has 1 aromatic rings. The highest BCUT2D eigenvalue weighted by Gasteiger charge is 2.26. The Bertz CT molecular complexity index is 419. The van der Waals surface area contributed by atoms with Crippen molar-refractivity contribution in [3.8, 4) is 0 Å². The molecule has 114 valence electrons. The summed E-state index contributed by atoms with van der Waals surface area (Å²) >= 11 is 0. The molecule has 0 unspecified atom stereocenters. The molecule has 0 amide bonds. The van der Waals surface area contributed by atoms with Crippen LogP contribution in [0.4, 0.5) is 24.8 Å². The SMILES string of the molecule is CCCNc1cc(NCCC(F)(F)F)nc(C(C)C)n1. The van der Waals surface area contributed by atoms with Gasteiger partial charge in [0.1, 0.15) is 17.5 Å². The average molecular weight is 290 g/mol. The minimum Gasteiger partial charge on any atom is -0.370 e. The lowest BCUT2D eigenvalue weighted by atomic mass is 10.2. The van der Waals surface area contributed by atoms with Gasteiger partial charge in [-0.25, -0.2) is 9.97 Å². The normalized spacial score (nSPS) is 11.8. The molecule has 1 heterocycles. The van der Waals surface area contributed by atoms with E-state index >= 15 is 0 Å². The quantitative estimate of drug-likeness (QED) is 0.802. The van der Waals surface area contributed by atoms with Gasteiger partial charge in [-0.05, 0) is 6.42 Å². The highest BCUT2D eigenvalue weighted by molar-refractivity contribution is 5.47. The van der Waals surface area contributed by atoms with Gasteiger partial charge in [-0.3, -0.25) is 0 Å². The van der Waals surface area contributed by atoms with Gasteiger partial charge in [0.2, 0.25) is 0 Å². The van der Waals surface area contributed by atoms with E-state index in [0.29, 0.717) is 17.5 Å². The van der Waals surface area contributed by atoms with E-state index in [4.69, 9.17) is 0 Å². The topological polar surface area (TPSA) is 49.8 Å². The van der Waals surface area contributed by atoms with Crippen molar-refractivity contribution in [2.45, 2.75) is 45.7 Å². The van der Waals surface area contributed by atoms with Gasteiger partial charge < -0.3 is 10.6 Å². The zero-order chi connectivity index (χ0) is 15.2. The summed E-state index contributed by atoms with van der Waals surface area (Å²) in [6, 6.07) is 1.64. The maximum Gasteiger partial charge on any atom is 0.390 e. The summed E-state index contributed by atoms with van der Waals surface area (Å²) in [5, 5.41) is 5.83. The number of halogens is 3. The summed E-state index contributed by atoms with van der Waals surface area (Å²) < 4.78 is 36.4. The molecule has 0 bridgehead atoms. The van der Waals surface area contributed by atoms with Crippen LogP contribution in [0.1, 0.15) is 45.4 Å². The van der Waals surface area contributed by atoms with E-state index in [1.807, 2.05) is 20.8 Å². The molecular weight excluding hydrogens is 269 g/mol. The van der Waals surface area contributed by atoms with Gasteiger partial charge in [0.05, 0.1) is 6.42 Å². The van der Waals surface area contributed by atoms with E-state index in [0.717, 1.165) is 13.0 Å². The predicted octanol–water partition coefficient (Wildman–Crippen LogP) is 3.79. The molecular formula is C13H21F3N4. The van der Waals surface area contributed by atoms with Gasteiger partial charge in [-0.2, -0.15) is 13.2 Å². The Morgan fingerprint density at radius 3 is 2.10 bits per heavy atom. The maximum absolute atomic E-state index is 12.1. The highest BCUT2D eigenvalue weighted by atomic mass is 19.4. The first kappa shape index (κ1) is 16.5. The summed E-state index contributed by atoms with van der Waals surface area (Å²) in [5.41, 5.74) is 0. The van der Waals surface area contributed by atoms with Crippen LogP contribution in [-0.2, 0) is 0 Å². The number of hydrogen-bond acceptors (Lipinski definition) is 4. The van der Waals surface area contributed by atoms with Crippen LogP contribution >= 0.6 is 0 Å². The van der Waals surface area contributed by atoms with Gasteiger partial charge in [0.25, 0.3) is 0 Å². The minimum atomic E-state index is -4.16. The fourth-order valence-electron chi connectivity index (χ4n) is 1.49. The Morgan fingerprint density at radius 1 is 1.10 bits per heavy atom. The zero-order valence-electron chi connectivity index (χ0n) is 12.0. The Kier molecular flexibility index (Phi) is 6.04.